The average molecular weight is 372 g/mol. The zero-order chi connectivity index (χ0) is 17.6. The van der Waals surface area contributed by atoms with Crippen LogP contribution < -0.4 is 9.04 Å². The van der Waals surface area contributed by atoms with Crippen LogP contribution in [0.1, 0.15) is 18.4 Å². The zero-order valence-corrected chi connectivity index (χ0v) is 14.3. The van der Waals surface area contributed by atoms with E-state index in [1.54, 1.807) is 6.07 Å². The first kappa shape index (κ1) is 16.6. The fourth-order valence-electron chi connectivity index (χ4n) is 2.96. The monoisotopic (exact) mass is 371 g/mol. The number of nitrogens with zero attached hydrogens (tertiary/aromatic N) is 2. The summed E-state index contributed by atoms with van der Waals surface area (Å²) in [5, 5.41) is 15.4. The van der Waals surface area contributed by atoms with Gasteiger partial charge in [0.25, 0.3) is 10.0 Å². The molecule has 2 N–H and O–H groups in total. The van der Waals surface area contributed by atoms with Crippen LogP contribution in [-0.2, 0) is 14.8 Å². The van der Waals surface area contributed by atoms with E-state index >= 15 is 0 Å². The van der Waals surface area contributed by atoms with E-state index in [2.05, 4.69) is 10.2 Å². The molecule has 0 radical (unpaired) electrons. The number of methoxy groups -OCH3 is 1. The maximum Gasteiger partial charge on any atom is 0.313 e. The molecule has 1 aromatic heterocycles. The van der Waals surface area contributed by atoms with Gasteiger partial charge in [-0.25, -0.2) is 8.42 Å². The molecule has 0 saturated carbocycles. The molecule has 2 atom stereocenters. The summed E-state index contributed by atoms with van der Waals surface area (Å²) < 4.78 is 32.1. The normalized spacial score (nSPS) is 20.0. The molecular formula is C14H14ClN3O5S. The number of carboxylic acids is 1. The van der Waals surface area contributed by atoms with Gasteiger partial charge in [-0.2, -0.15) is 5.10 Å². The van der Waals surface area contributed by atoms with Crippen LogP contribution in [0.3, 0.4) is 0 Å². The van der Waals surface area contributed by atoms with E-state index in [-0.39, 0.29) is 15.7 Å². The van der Waals surface area contributed by atoms with Gasteiger partial charge in [0.05, 0.1) is 25.0 Å². The maximum atomic E-state index is 13.0. The molecule has 0 aliphatic carbocycles. The highest BCUT2D eigenvalue weighted by atomic mass is 35.5. The van der Waals surface area contributed by atoms with Gasteiger partial charge in [0.1, 0.15) is 21.7 Å². The van der Waals surface area contributed by atoms with E-state index in [4.69, 9.17) is 16.3 Å². The Balaban J connectivity index is 2.21. The lowest BCUT2D eigenvalue weighted by Crippen LogP contribution is -2.38. The van der Waals surface area contributed by atoms with Crippen molar-refractivity contribution in [3.63, 3.8) is 0 Å². The second-order valence-electron chi connectivity index (χ2n) is 5.33. The molecule has 0 amide bonds. The van der Waals surface area contributed by atoms with Gasteiger partial charge in [0, 0.05) is 0 Å². The van der Waals surface area contributed by atoms with Crippen LogP contribution in [0.4, 0.5) is 5.69 Å². The second-order valence-corrected chi connectivity index (χ2v) is 7.49. The number of fused-ring (bicyclic) bond motifs is 1. The number of hydrogen-bond donors (Lipinski definition) is 2. The van der Waals surface area contributed by atoms with Crippen molar-refractivity contribution in [2.75, 3.05) is 11.4 Å². The number of H-pyrrole nitrogens is 1. The summed E-state index contributed by atoms with van der Waals surface area (Å²) in [5.74, 6) is -1.68. The van der Waals surface area contributed by atoms with Crippen LogP contribution in [0.25, 0.3) is 0 Å². The molecule has 8 nitrogen and oxygen atoms in total. The number of hydrogen-bond acceptors (Lipinski definition) is 5. The second kappa shape index (κ2) is 5.67. The van der Waals surface area contributed by atoms with Crippen molar-refractivity contribution in [3.8, 4) is 5.75 Å². The van der Waals surface area contributed by atoms with Crippen molar-refractivity contribution in [3.05, 3.63) is 35.1 Å². The number of benzene rings is 1. The fraction of sp³-hybridized carbons (Fsp3) is 0.286. The molecule has 1 aliphatic rings. The molecule has 0 saturated heterocycles. The highest BCUT2D eigenvalue weighted by Crippen LogP contribution is 2.45. The Bertz CT molecular complexity index is 911. The third-order valence-corrected chi connectivity index (χ3v) is 6.34. The number of carboxylic acid groups (broad SMARTS) is 1. The predicted molar refractivity (Wildman–Crippen MR) is 86.1 cm³/mol. The Kier molecular flexibility index (Phi) is 3.92. The minimum Gasteiger partial charge on any atom is -0.497 e. The van der Waals surface area contributed by atoms with Crippen molar-refractivity contribution < 1.29 is 23.1 Å². The number of aromatic amines is 1. The van der Waals surface area contributed by atoms with E-state index in [1.807, 2.05) is 0 Å². The van der Waals surface area contributed by atoms with Crippen LogP contribution in [0, 0.1) is 0 Å². The number of halogens is 1. The summed E-state index contributed by atoms with van der Waals surface area (Å²) in [6.07, 6.45) is 1.10. The number of aliphatic carboxylic acids is 1. The van der Waals surface area contributed by atoms with Crippen LogP contribution in [0.2, 0.25) is 5.15 Å². The Labute approximate surface area is 143 Å². The molecule has 1 aromatic carbocycles. The molecule has 2 unspecified atom stereocenters. The molecule has 0 bridgehead atoms. The molecule has 2 aromatic rings. The Morgan fingerprint density at radius 1 is 1.46 bits per heavy atom. The lowest BCUT2D eigenvalue weighted by molar-refractivity contribution is -0.138. The molecule has 1 aliphatic heterocycles. The summed E-state index contributed by atoms with van der Waals surface area (Å²) in [6, 6.07) is 3.81. The summed E-state index contributed by atoms with van der Waals surface area (Å²) in [4.78, 5) is 11.5. The Hall–Kier alpha value is -2.26. The summed E-state index contributed by atoms with van der Waals surface area (Å²) in [6.45, 7) is 1.54. The van der Waals surface area contributed by atoms with E-state index < -0.39 is 28.0 Å². The van der Waals surface area contributed by atoms with Crippen LogP contribution >= 0.6 is 11.6 Å². The third-order valence-electron chi connectivity index (χ3n) is 4.02. The van der Waals surface area contributed by atoms with Gasteiger partial charge in [-0.1, -0.05) is 11.6 Å². The first-order chi connectivity index (χ1) is 11.3. The largest absolute Gasteiger partial charge is 0.497 e. The molecular weight excluding hydrogens is 358 g/mol. The smallest absolute Gasteiger partial charge is 0.313 e. The van der Waals surface area contributed by atoms with Crippen LogP contribution in [0.15, 0.2) is 29.3 Å². The fourth-order valence-corrected chi connectivity index (χ4v) is 5.00. The van der Waals surface area contributed by atoms with Gasteiger partial charge >= 0.3 is 5.97 Å². The number of nitrogens with one attached hydrogen (secondary N) is 1. The van der Waals surface area contributed by atoms with Crippen molar-refractivity contribution in [2.24, 2.45) is 0 Å². The van der Waals surface area contributed by atoms with Gasteiger partial charge < -0.3 is 9.84 Å². The molecule has 10 heteroatoms. The summed E-state index contributed by atoms with van der Waals surface area (Å²) in [7, 11) is -2.62. The van der Waals surface area contributed by atoms with Crippen molar-refractivity contribution >= 4 is 33.3 Å². The number of sulfonamides is 1. The highest BCUT2D eigenvalue weighted by Gasteiger charge is 2.46. The molecule has 2 heterocycles. The summed E-state index contributed by atoms with van der Waals surface area (Å²) in [5.41, 5.74) is 0.658. The molecule has 0 fully saturated rings. The predicted octanol–water partition coefficient (Wildman–Crippen LogP) is 1.84. The third kappa shape index (κ3) is 2.31. The number of rotatable bonds is 4. The van der Waals surface area contributed by atoms with E-state index in [0.29, 0.717) is 11.3 Å². The quantitative estimate of drug-likeness (QED) is 0.847. The van der Waals surface area contributed by atoms with Crippen molar-refractivity contribution in [2.45, 2.75) is 23.8 Å². The Morgan fingerprint density at radius 3 is 2.71 bits per heavy atom. The topological polar surface area (TPSA) is 113 Å². The van der Waals surface area contributed by atoms with Gasteiger partial charge in [-0.3, -0.25) is 14.2 Å². The van der Waals surface area contributed by atoms with Crippen LogP contribution in [-0.4, -0.2) is 42.8 Å². The lowest BCUT2D eigenvalue weighted by atomic mass is 9.96. The van der Waals surface area contributed by atoms with Crippen molar-refractivity contribution in [1.82, 2.24) is 10.2 Å². The SMILES string of the molecule is COc1ccc2c(c1)C(C(=O)O)C(C)N2S(=O)(=O)c1cn[nH]c1Cl. The minimum atomic E-state index is -4.07. The number of ether oxygens (including phenoxy) is 1. The van der Waals surface area contributed by atoms with E-state index in [0.717, 1.165) is 10.5 Å². The van der Waals surface area contributed by atoms with E-state index in [1.165, 1.54) is 26.2 Å². The van der Waals surface area contributed by atoms with E-state index in [9.17, 15) is 18.3 Å². The zero-order valence-electron chi connectivity index (χ0n) is 12.7. The Morgan fingerprint density at radius 2 is 2.17 bits per heavy atom. The number of carbonyl (C=O) groups is 1. The van der Waals surface area contributed by atoms with Gasteiger partial charge in [-0.05, 0) is 30.7 Å². The van der Waals surface area contributed by atoms with Gasteiger partial charge in [-0.15, -0.1) is 0 Å². The molecule has 0 spiro atoms. The highest BCUT2D eigenvalue weighted by molar-refractivity contribution is 7.93. The van der Waals surface area contributed by atoms with Crippen molar-refractivity contribution in [1.29, 1.82) is 0 Å². The average Bonchev–Trinajstić information content (AvgIpc) is 3.07. The minimum absolute atomic E-state index is 0.129. The first-order valence-electron chi connectivity index (χ1n) is 6.93. The molecule has 128 valence electrons. The standard InChI is InChI=1S/C14H14ClN3O5S/c1-7-12(14(19)20)9-5-8(23-2)3-4-10(9)18(7)24(21,22)11-6-16-17-13(11)15/h3-7,12H,1-2H3,(H,16,17)(H,19,20). The maximum absolute atomic E-state index is 13.0. The molecule has 3 rings (SSSR count). The lowest BCUT2D eigenvalue weighted by Gasteiger charge is -2.25. The summed E-state index contributed by atoms with van der Waals surface area (Å²) >= 11 is 5.86. The van der Waals surface area contributed by atoms with Gasteiger partial charge in [0.15, 0.2) is 0 Å². The molecule has 24 heavy (non-hydrogen) atoms. The van der Waals surface area contributed by atoms with Crippen LogP contribution in [0.5, 0.6) is 5.75 Å². The van der Waals surface area contributed by atoms with Gasteiger partial charge in [0.2, 0.25) is 0 Å². The number of anilines is 1. The number of aromatic nitrogens is 2. The first-order valence-corrected chi connectivity index (χ1v) is 8.75.